The van der Waals surface area contributed by atoms with Gasteiger partial charge in [0.2, 0.25) is 0 Å². The normalized spacial score (nSPS) is 14.0. The van der Waals surface area contributed by atoms with Gasteiger partial charge in [0.15, 0.2) is 6.29 Å². The van der Waals surface area contributed by atoms with Crippen LogP contribution in [0.3, 0.4) is 0 Å². The average Bonchev–Trinajstić information content (AvgIpc) is 3.13. The summed E-state index contributed by atoms with van der Waals surface area (Å²) in [5.41, 5.74) is 0. The summed E-state index contributed by atoms with van der Waals surface area (Å²) in [5, 5.41) is 0. The molecule has 0 saturated carbocycles. The van der Waals surface area contributed by atoms with Gasteiger partial charge in [0.1, 0.15) is 12.7 Å². The average molecular weight is 714 g/mol. The molecule has 0 radical (unpaired) electrons. The van der Waals surface area contributed by atoms with E-state index < -0.39 is 18.5 Å². The summed E-state index contributed by atoms with van der Waals surface area (Å²) in [4.78, 5) is 27.9. The highest BCUT2D eigenvalue weighted by atomic mass is 16.7. The van der Waals surface area contributed by atoms with Crippen LogP contribution >= 0.6 is 0 Å². The predicted molar refractivity (Wildman–Crippen MR) is 208 cm³/mol. The zero-order chi connectivity index (χ0) is 37.1. The molecule has 0 fully saturated rings. The Balaban J connectivity index is 5.02. The van der Waals surface area contributed by atoms with Gasteiger partial charge in [-0.1, -0.05) is 145 Å². The fraction of sp³-hybridized carbons (Fsp3) is 0.952. The van der Waals surface area contributed by atoms with E-state index >= 15 is 0 Å². The van der Waals surface area contributed by atoms with Crippen LogP contribution in [0.2, 0.25) is 0 Å². The molecule has 0 aliphatic heterocycles. The lowest BCUT2D eigenvalue weighted by atomic mass is 10.0. The van der Waals surface area contributed by atoms with Crippen molar-refractivity contribution in [2.45, 2.75) is 202 Å². The van der Waals surface area contributed by atoms with Crippen LogP contribution in [0.25, 0.3) is 0 Å². The summed E-state index contributed by atoms with van der Waals surface area (Å²) < 4.78 is 29.4. The molecule has 0 aromatic carbocycles. The van der Waals surface area contributed by atoms with E-state index in [1.54, 1.807) is 0 Å². The second-order valence-electron chi connectivity index (χ2n) is 14.3. The second-order valence-corrected chi connectivity index (χ2v) is 14.3. The van der Waals surface area contributed by atoms with Gasteiger partial charge in [-0.25, -0.2) is 4.79 Å². The fourth-order valence-electron chi connectivity index (χ4n) is 6.18. The largest absolute Gasteiger partial charge is 0.508 e. The minimum Gasteiger partial charge on any atom is -0.462 e. The molecule has 0 saturated heterocycles. The third-order valence-electron chi connectivity index (χ3n) is 10.0. The van der Waals surface area contributed by atoms with Gasteiger partial charge in [0.25, 0.3) is 0 Å². The number of esters is 1. The molecule has 0 amide bonds. The molecular weight excluding hydrogens is 630 g/mol. The van der Waals surface area contributed by atoms with Crippen molar-refractivity contribution in [3.8, 4) is 0 Å². The van der Waals surface area contributed by atoms with Crippen LogP contribution in [0.1, 0.15) is 190 Å². The minimum atomic E-state index is -0.679. The Morgan fingerprint density at radius 1 is 0.540 bits per heavy atom. The van der Waals surface area contributed by atoms with Crippen LogP contribution in [0.5, 0.6) is 0 Å². The summed E-state index contributed by atoms with van der Waals surface area (Å²) in [5.74, 6) is 0.675. The van der Waals surface area contributed by atoms with Crippen LogP contribution in [-0.4, -0.2) is 75.5 Å². The first-order valence-electron chi connectivity index (χ1n) is 21.3. The van der Waals surface area contributed by atoms with E-state index in [9.17, 15) is 9.59 Å². The van der Waals surface area contributed by atoms with E-state index in [0.29, 0.717) is 44.5 Å². The maximum absolute atomic E-state index is 13.0. The summed E-state index contributed by atoms with van der Waals surface area (Å²) in [6.45, 7) is 19.9. The molecule has 298 valence electrons. The molecule has 50 heavy (non-hydrogen) atoms. The van der Waals surface area contributed by atoms with Crippen molar-refractivity contribution in [2.24, 2.45) is 11.8 Å². The number of nitrogens with zero attached hydrogens (tertiary/aromatic N) is 1. The quantitative estimate of drug-likeness (QED) is 0.0357. The van der Waals surface area contributed by atoms with Gasteiger partial charge in [-0.2, -0.15) is 0 Å². The van der Waals surface area contributed by atoms with Crippen LogP contribution in [0.4, 0.5) is 4.79 Å². The molecule has 0 spiro atoms. The molecule has 0 bridgehead atoms. The van der Waals surface area contributed by atoms with Gasteiger partial charge < -0.3 is 28.6 Å². The lowest BCUT2D eigenvalue weighted by Crippen LogP contribution is -2.28. The highest BCUT2D eigenvalue weighted by molar-refractivity contribution is 5.69. The van der Waals surface area contributed by atoms with Gasteiger partial charge in [-0.3, -0.25) is 4.79 Å². The topological polar surface area (TPSA) is 83.5 Å². The van der Waals surface area contributed by atoms with Crippen molar-refractivity contribution in [3.63, 3.8) is 0 Å². The maximum atomic E-state index is 13.0. The van der Waals surface area contributed by atoms with Crippen LogP contribution < -0.4 is 0 Å². The molecule has 3 unspecified atom stereocenters. The summed E-state index contributed by atoms with van der Waals surface area (Å²) in [6.07, 6.45) is 21.9. The number of carbonyl (C=O) groups excluding carboxylic acids is 2. The Kier molecular flexibility index (Phi) is 35.0. The molecule has 0 aliphatic rings. The van der Waals surface area contributed by atoms with E-state index in [1.807, 2.05) is 0 Å². The van der Waals surface area contributed by atoms with Crippen molar-refractivity contribution in [3.05, 3.63) is 0 Å². The first kappa shape index (κ1) is 48.6. The highest BCUT2D eigenvalue weighted by Gasteiger charge is 2.21. The number of unbranched alkanes of at least 4 members (excludes halogenated alkanes) is 11. The first-order chi connectivity index (χ1) is 24.4. The van der Waals surface area contributed by atoms with Crippen LogP contribution in [0.15, 0.2) is 0 Å². The summed E-state index contributed by atoms with van der Waals surface area (Å²) >= 11 is 0. The Morgan fingerprint density at radius 3 is 1.56 bits per heavy atom. The molecule has 0 aromatic heterocycles. The van der Waals surface area contributed by atoms with Gasteiger partial charge in [-0.05, 0) is 57.0 Å². The Bertz CT molecular complexity index is 728. The van der Waals surface area contributed by atoms with Crippen molar-refractivity contribution >= 4 is 12.1 Å². The molecular formula is C42H83NO7. The zero-order valence-corrected chi connectivity index (χ0v) is 34.1. The Labute approximate surface area is 309 Å². The second kappa shape index (κ2) is 36.0. The summed E-state index contributed by atoms with van der Waals surface area (Å²) in [7, 11) is 0. The monoisotopic (exact) mass is 714 g/mol. The lowest BCUT2D eigenvalue weighted by Gasteiger charge is -2.24. The maximum Gasteiger partial charge on any atom is 0.508 e. The van der Waals surface area contributed by atoms with Crippen molar-refractivity contribution in [1.82, 2.24) is 4.90 Å². The van der Waals surface area contributed by atoms with E-state index in [1.165, 1.54) is 77.0 Å². The van der Waals surface area contributed by atoms with Gasteiger partial charge in [-0.15, -0.1) is 0 Å². The first-order valence-corrected chi connectivity index (χ1v) is 21.3. The van der Waals surface area contributed by atoms with Gasteiger partial charge in [0.05, 0.1) is 26.2 Å². The summed E-state index contributed by atoms with van der Waals surface area (Å²) in [6, 6.07) is 0. The number of rotatable bonds is 37. The zero-order valence-electron chi connectivity index (χ0n) is 34.1. The minimum absolute atomic E-state index is 0.0427. The van der Waals surface area contributed by atoms with Crippen LogP contribution in [-0.2, 0) is 28.5 Å². The van der Waals surface area contributed by atoms with Crippen molar-refractivity contribution < 1.29 is 33.3 Å². The Morgan fingerprint density at radius 2 is 1.06 bits per heavy atom. The number of hydrogen-bond donors (Lipinski definition) is 0. The number of hydrogen-bond acceptors (Lipinski definition) is 8. The molecule has 0 N–H and O–H groups in total. The predicted octanol–water partition coefficient (Wildman–Crippen LogP) is 11.7. The fourth-order valence-corrected chi connectivity index (χ4v) is 6.18. The molecule has 3 atom stereocenters. The van der Waals surface area contributed by atoms with E-state index in [-0.39, 0.29) is 19.0 Å². The SMILES string of the molecule is CCCCCCCCCCCCC(COC(=O)CCC(OCC(CC)CCCC)OCC(CC)CCCC)OC(=O)OCCCN(CC)CC. The van der Waals surface area contributed by atoms with Crippen LogP contribution in [0, 0.1) is 11.8 Å². The molecule has 0 heterocycles. The number of ether oxygens (including phenoxy) is 5. The van der Waals surface area contributed by atoms with E-state index in [2.05, 4.69) is 53.4 Å². The Hall–Kier alpha value is -1.38. The highest BCUT2D eigenvalue weighted by Crippen LogP contribution is 2.19. The van der Waals surface area contributed by atoms with Crippen molar-refractivity contribution in [2.75, 3.05) is 46.1 Å². The third kappa shape index (κ3) is 29.2. The molecule has 0 aromatic rings. The standard InChI is InChI=1S/C42H83NO7/c1-8-15-18-19-20-21-22-23-24-25-29-39(50-42(45)46-33-26-32-43(13-6)14-7)36-47-40(44)30-31-41(48-34-37(11-4)27-16-9-2)49-35-38(12-5)28-17-10-3/h37-39,41H,8-36H2,1-7H3. The van der Waals surface area contributed by atoms with Gasteiger partial charge in [0, 0.05) is 13.0 Å². The molecule has 0 aliphatic carbocycles. The molecule has 0 rings (SSSR count). The van der Waals surface area contributed by atoms with E-state index in [4.69, 9.17) is 23.7 Å². The van der Waals surface area contributed by atoms with E-state index in [0.717, 1.165) is 64.6 Å². The third-order valence-corrected chi connectivity index (χ3v) is 10.0. The number of carbonyl (C=O) groups is 2. The molecule has 8 heteroatoms. The van der Waals surface area contributed by atoms with Gasteiger partial charge >= 0.3 is 12.1 Å². The smallest absolute Gasteiger partial charge is 0.462 e. The van der Waals surface area contributed by atoms with Crippen molar-refractivity contribution in [1.29, 1.82) is 0 Å². The lowest BCUT2D eigenvalue weighted by molar-refractivity contribution is -0.169. The molecule has 8 nitrogen and oxygen atoms in total.